The summed E-state index contributed by atoms with van der Waals surface area (Å²) in [4.78, 5) is 31.9. The molecule has 0 radical (unpaired) electrons. The number of amides is 2. The highest BCUT2D eigenvalue weighted by molar-refractivity contribution is 6.30. The zero-order valence-corrected chi connectivity index (χ0v) is 20.6. The third kappa shape index (κ3) is 6.45. The number of hydrogen-bond acceptors (Lipinski definition) is 3. The second kappa shape index (κ2) is 10.7. The van der Waals surface area contributed by atoms with Crippen molar-refractivity contribution in [3.63, 3.8) is 0 Å². The summed E-state index contributed by atoms with van der Waals surface area (Å²) < 4.78 is 1.85. The number of imidazole rings is 1. The number of carbonyl (C=O) groups is 2. The van der Waals surface area contributed by atoms with Gasteiger partial charge in [-0.15, -0.1) is 0 Å². The molecule has 3 rings (SSSR count). The summed E-state index contributed by atoms with van der Waals surface area (Å²) in [6, 6.07) is 15.4. The van der Waals surface area contributed by atoms with Gasteiger partial charge in [-0.2, -0.15) is 0 Å². The molecule has 1 heterocycles. The van der Waals surface area contributed by atoms with E-state index in [4.69, 9.17) is 11.6 Å². The van der Waals surface area contributed by atoms with Crippen LogP contribution in [0, 0.1) is 18.8 Å². The Morgan fingerprint density at radius 3 is 2.24 bits per heavy atom. The van der Waals surface area contributed by atoms with Crippen molar-refractivity contribution in [1.82, 2.24) is 14.5 Å². The van der Waals surface area contributed by atoms with E-state index in [1.807, 2.05) is 81.8 Å². The van der Waals surface area contributed by atoms with Crippen molar-refractivity contribution in [2.45, 2.75) is 34.6 Å². The highest BCUT2D eigenvalue weighted by Crippen LogP contribution is 2.26. The minimum atomic E-state index is -0.286. The number of nitrogens with one attached hydrogen (secondary N) is 1. The lowest BCUT2D eigenvalue weighted by Gasteiger charge is -2.25. The maximum Gasteiger partial charge on any atom is 0.246 e. The lowest BCUT2D eigenvalue weighted by Crippen LogP contribution is -2.42. The molecule has 2 aromatic carbocycles. The highest BCUT2D eigenvalue weighted by atomic mass is 35.5. The molecule has 3 aromatic rings. The molecule has 0 aliphatic rings. The van der Waals surface area contributed by atoms with Crippen LogP contribution < -0.4 is 5.32 Å². The second-order valence-corrected chi connectivity index (χ2v) is 9.41. The Hall–Kier alpha value is -3.12. The molecule has 0 aliphatic carbocycles. The Balaban J connectivity index is 1.91. The number of carbonyl (C=O) groups excluding carboxylic acids is 2. The quantitative estimate of drug-likeness (QED) is 0.471. The van der Waals surface area contributed by atoms with Crippen LogP contribution in [0.5, 0.6) is 0 Å². The molecule has 0 unspecified atom stereocenters. The smallest absolute Gasteiger partial charge is 0.246 e. The Kier molecular flexibility index (Phi) is 7.92. The molecule has 174 valence electrons. The van der Waals surface area contributed by atoms with Crippen LogP contribution in [0.25, 0.3) is 16.9 Å². The Morgan fingerprint density at radius 2 is 1.67 bits per heavy atom. The van der Waals surface area contributed by atoms with Crippen molar-refractivity contribution in [3.05, 3.63) is 65.3 Å². The summed E-state index contributed by atoms with van der Waals surface area (Å²) in [5, 5.41) is 3.56. The van der Waals surface area contributed by atoms with Gasteiger partial charge in [0, 0.05) is 34.9 Å². The van der Waals surface area contributed by atoms with E-state index in [0.29, 0.717) is 23.2 Å². The van der Waals surface area contributed by atoms with E-state index in [1.54, 1.807) is 17.0 Å². The van der Waals surface area contributed by atoms with Crippen LogP contribution in [0.1, 0.15) is 33.3 Å². The van der Waals surface area contributed by atoms with Crippen LogP contribution >= 0.6 is 11.6 Å². The number of benzene rings is 2. The SMILES string of the molecule is Cc1ccc(-n2cc(-c3ccc(Cl)cc3)nc2NC(=O)CN(CC(C)C)C(=O)C(C)C)cc1. The molecule has 7 heteroatoms. The normalized spacial score (nSPS) is 11.2. The van der Waals surface area contributed by atoms with Gasteiger partial charge in [-0.25, -0.2) is 4.98 Å². The predicted octanol–water partition coefficient (Wildman–Crippen LogP) is 5.58. The number of halogens is 1. The van der Waals surface area contributed by atoms with Gasteiger partial charge in [-0.05, 0) is 37.1 Å². The van der Waals surface area contributed by atoms with Crippen molar-refractivity contribution < 1.29 is 9.59 Å². The summed E-state index contributed by atoms with van der Waals surface area (Å²) >= 11 is 6.03. The molecular weight excluding hydrogens is 436 g/mol. The summed E-state index contributed by atoms with van der Waals surface area (Å²) in [7, 11) is 0. The summed E-state index contributed by atoms with van der Waals surface area (Å²) in [5.74, 6) is 0.151. The molecule has 0 fully saturated rings. The summed E-state index contributed by atoms with van der Waals surface area (Å²) in [6.07, 6.45) is 1.88. The number of hydrogen-bond donors (Lipinski definition) is 1. The first kappa shape index (κ1) is 24.5. The van der Waals surface area contributed by atoms with Crippen LogP contribution in [-0.4, -0.2) is 39.4 Å². The van der Waals surface area contributed by atoms with Crippen LogP contribution in [-0.2, 0) is 9.59 Å². The largest absolute Gasteiger partial charge is 0.333 e. The lowest BCUT2D eigenvalue weighted by atomic mass is 10.1. The third-order valence-electron chi connectivity index (χ3n) is 5.13. The zero-order valence-electron chi connectivity index (χ0n) is 19.8. The van der Waals surface area contributed by atoms with E-state index >= 15 is 0 Å². The zero-order chi connectivity index (χ0) is 24.1. The number of aryl methyl sites for hydroxylation is 1. The van der Waals surface area contributed by atoms with Crippen molar-refractivity contribution in [2.75, 3.05) is 18.4 Å². The van der Waals surface area contributed by atoms with Crippen molar-refractivity contribution >= 4 is 29.4 Å². The van der Waals surface area contributed by atoms with Gasteiger partial charge in [0.1, 0.15) is 0 Å². The van der Waals surface area contributed by atoms with Crippen molar-refractivity contribution in [3.8, 4) is 16.9 Å². The Labute approximate surface area is 200 Å². The Bertz CT molecular complexity index is 1100. The molecule has 33 heavy (non-hydrogen) atoms. The van der Waals surface area contributed by atoms with Crippen molar-refractivity contribution in [1.29, 1.82) is 0 Å². The fourth-order valence-corrected chi connectivity index (χ4v) is 3.63. The summed E-state index contributed by atoms with van der Waals surface area (Å²) in [6.45, 7) is 10.3. The highest BCUT2D eigenvalue weighted by Gasteiger charge is 2.22. The maximum absolute atomic E-state index is 13.0. The van der Waals surface area contributed by atoms with Gasteiger partial charge in [0.25, 0.3) is 0 Å². The van der Waals surface area contributed by atoms with Gasteiger partial charge in [0.2, 0.25) is 17.8 Å². The molecule has 0 atom stereocenters. The minimum absolute atomic E-state index is 0.0216. The number of rotatable bonds is 8. The van der Waals surface area contributed by atoms with Crippen LogP contribution in [0.2, 0.25) is 5.02 Å². The second-order valence-electron chi connectivity index (χ2n) is 8.98. The molecular formula is C26H31ClN4O2. The van der Waals surface area contributed by atoms with E-state index in [2.05, 4.69) is 10.3 Å². The molecule has 1 N–H and O–H groups in total. The van der Waals surface area contributed by atoms with E-state index in [1.165, 1.54) is 0 Å². The topological polar surface area (TPSA) is 67.2 Å². The Morgan fingerprint density at radius 1 is 1.03 bits per heavy atom. The van der Waals surface area contributed by atoms with Gasteiger partial charge in [-0.1, -0.05) is 69.1 Å². The van der Waals surface area contributed by atoms with Gasteiger partial charge in [-0.3, -0.25) is 19.5 Å². The first-order valence-corrected chi connectivity index (χ1v) is 11.5. The van der Waals surface area contributed by atoms with E-state index in [0.717, 1.165) is 16.8 Å². The number of anilines is 1. The van der Waals surface area contributed by atoms with Crippen LogP contribution in [0.3, 0.4) is 0 Å². The number of nitrogens with zero attached hydrogens (tertiary/aromatic N) is 3. The summed E-state index contributed by atoms with van der Waals surface area (Å²) in [5.41, 5.74) is 3.61. The molecule has 0 saturated heterocycles. The first-order valence-electron chi connectivity index (χ1n) is 11.1. The van der Waals surface area contributed by atoms with E-state index < -0.39 is 0 Å². The van der Waals surface area contributed by atoms with Crippen molar-refractivity contribution in [2.24, 2.45) is 11.8 Å². The van der Waals surface area contributed by atoms with Gasteiger partial charge in [0.05, 0.1) is 12.2 Å². The molecule has 0 spiro atoms. The van der Waals surface area contributed by atoms with Crippen LogP contribution in [0.15, 0.2) is 54.7 Å². The fourth-order valence-electron chi connectivity index (χ4n) is 3.51. The molecule has 6 nitrogen and oxygen atoms in total. The van der Waals surface area contributed by atoms with Gasteiger partial charge < -0.3 is 4.90 Å². The molecule has 1 aromatic heterocycles. The average molecular weight is 467 g/mol. The monoisotopic (exact) mass is 466 g/mol. The van der Waals surface area contributed by atoms with Gasteiger partial charge in [0.15, 0.2) is 0 Å². The standard InChI is InChI=1S/C26H31ClN4O2/c1-17(2)14-30(25(33)18(3)4)16-24(32)29-26-28-23(20-8-10-21(27)11-9-20)15-31(26)22-12-6-19(5)7-13-22/h6-13,15,17-18H,14,16H2,1-5H3,(H,28,29,32). The molecule has 2 amide bonds. The maximum atomic E-state index is 13.0. The van der Waals surface area contributed by atoms with Gasteiger partial charge >= 0.3 is 0 Å². The fraction of sp³-hybridized carbons (Fsp3) is 0.346. The predicted molar refractivity (Wildman–Crippen MR) is 134 cm³/mol. The van der Waals surface area contributed by atoms with E-state index in [-0.39, 0.29) is 30.2 Å². The molecule has 0 bridgehead atoms. The first-order chi connectivity index (χ1) is 15.6. The van der Waals surface area contributed by atoms with E-state index in [9.17, 15) is 9.59 Å². The minimum Gasteiger partial charge on any atom is -0.333 e. The lowest BCUT2D eigenvalue weighted by molar-refractivity contribution is -0.138. The molecule has 0 aliphatic heterocycles. The average Bonchev–Trinajstić information content (AvgIpc) is 3.16. The third-order valence-corrected chi connectivity index (χ3v) is 5.39. The molecule has 0 saturated carbocycles. The number of aromatic nitrogens is 2. The van der Waals surface area contributed by atoms with Crippen LogP contribution in [0.4, 0.5) is 5.95 Å².